The highest BCUT2D eigenvalue weighted by Crippen LogP contribution is 2.47. The minimum absolute atomic E-state index is 0.0445. The zero-order chi connectivity index (χ0) is 20.6. The maximum Gasteiger partial charge on any atom is 0.271 e. The maximum atomic E-state index is 12.3. The van der Waals surface area contributed by atoms with Crippen molar-refractivity contribution in [3.8, 4) is 0 Å². The average molecular weight is 412 g/mol. The molecule has 1 aromatic carbocycles. The lowest BCUT2D eigenvalue weighted by Crippen LogP contribution is -2.43. The molecule has 4 N–H and O–H groups in total. The second kappa shape index (κ2) is 7.40. The van der Waals surface area contributed by atoms with Crippen molar-refractivity contribution in [2.75, 3.05) is 16.4 Å². The predicted molar refractivity (Wildman–Crippen MR) is 115 cm³/mol. The lowest BCUT2D eigenvalue weighted by Gasteiger charge is -2.33. The molecule has 3 heterocycles. The minimum Gasteiger partial charge on any atom is -0.464 e. The van der Waals surface area contributed by atoms with Crippen molar-refractivity contribution >= 4 is 35.0 Å². The van der Waals surface area contributed by atoms with Gasteiger partial charge in [-0.05, 0) is 49.8 Å². The molecule has 1 aliphatic rings. The molecule has 9 heteroatoms. The van der Waals surface area contributed by atoms with Crippen LogP contribution in [0.3, 0.4) is 0 Å². The fraction of sp³-hybridized carbons (Fsp3) is 0.300. The Morgan fingerprint density at radius 2 is 2.03 bits per heavy atom. The van der Waals surface area contributed by atoms with E-state index in [4.69, 9.17) is 9.83 Å². The second-order valence-electron chi connectivity index (χ2n) is 7.02. The summed E-state index contributed by atoms with van der Waals surface area (Å²) in [5.74, 6) is 2.20. The number of furan rings is 1. The number of hydrogen-bond donors (Lipinski definition) is 4. The summed E-state index contributed by atoms with van der Waals surface area (Å²) >= 11 is 1.63. The zero-order valence-corrected chi connectivity index (χ0v) is 16.5. The number of hydrogen-bond acceptors (Lipinski definition) is 8. The Morgan fingerprint density at radius 3 is 2.66 bits per heavy atom. The quantitative estimate of drug-likeness (QED) is 0.347. The highest BCUT2D eigenvalue weighted by atomic mass is 32.2. The Bertz CT molecular complexity index is 1180. The van der Waals surface area contributed by atoms with E-state index in [1.807, 2.05) is 19.1 Å². The number of nitrogens with one attached hydrogen (secondary N) is 4. The topological polar surface area (TPSA) is 128 Å². The highest BCUT2D eigenvalue weighted by molar-refractivity contribution is 8.01. The molecular weight excluding hydrogens is 392 g/mol. The van der Waals surface area contributed by atoms with Gasteiger partial charge in [0.15, 0.2) is 0 Å². The monoisotopic (exact) mass is 412 g/mol. The van der Waals surface area contributed by atoms with Crippen LogP contribution in [0.15, 0.2) is 49.3 Å². The van der Waals surface area contributed by atoms with Gasteiger partial charge in [-0.15, -0.1) is 11.8 Å². The molecule has 3 aromatic rings. The van der Waals surface area contributed by atoms with Crippen molar-refractivity contribution in [3.63, 3.8) is 0 Å². The molecule has 150 valence electrons. The number of thioether (sulfide) groups is 1. The van der Waals surface area contributed by atoms with E-state index >= 15 is 0 Å². The Hall–Kier alpha value is -3.07. The summed E-state index contributed by atoms with van der Waals surface area (Å²) in [6.45, 7) is 1.82. The number of H-pyrrole nitrogens is 1. The van der Waals surface area contributed by atoms with Gasteiger partial charge in [-0.2, -0.15) is 0 Å². The Morgan fingerprint density at radius 1 is 1.24 bits per heavy atom. The van der Waals surface area contributed by atoms with Crippen LogP contribution in [0.1, 0.15) is 30.4 Å². The molecular formula is C20H20N4O4S. The van der Waals surface area contributed by atoms with E-state index in [0.717, 1.165) is 18.6 Å². The molecule has 2 aromatic heterocycles. The van der Waals surface area contributed by atoms with E-state index in [1.165, 1.54) is 18.5 Å². The van der Waals surface area contributed by atoms with Crippen molar-refractivity contribution in [2.24, 2.45) is 0 Å². The van der Waals surface area contributed by atoms with Crippen molar-refractivity contribution in [1.82, 2.24) is 4.98 Å². The van der Waals surface area contributed by atoms with Gasteiger partial charge in [-0.3, -0.25) is 14.4 Å². The van der Waals surface area contributed by atoms with Gasteiger partial charge in [-0.1, -0.05) is 0 Å². The molecule has 2 atom stereocenters. The summed E-state index contributed by atoms with van der Waals surface area (Å²) in [6, 6.07) is 6.29. The van der Waals surface area contributed by atoms with Gasteiger partial charge in [-0.25, -0.2) is 0 Å². The third-order valence-corrected chi connectivity index (χ3v) is 6.73. The van der Waals surface area contributed by atoms with Gasteiger partial charge in [0.2, 0.25) is 0 Å². The van der Waals surface area contributed by atoms with Crippen LogP contribution in [-0.4, -0.2) is 21.7 Å². The molecule has 29 heavy (non-hydrogen) atoms. The van der Waals surface area contributed by atoms with Crippen LogP contribution in [0.5, 0.6) is 0 Å². The number of aromatic amines is 1. The van der Waals surface area contributed by atoms with E-state index in [1.54, 1.807) is 17.8 Å². The largest absolute Gasteiger partial charge is 0.464 e. The van der Waals surface area contributed by atoms with Crippen LogP contribution in [0, 0.1) is 12.3 Å². The molecule has 1 aliphatic heterocycles. The van der Waals surface area contributed by atoms with Crippen LogP contribution in [-0.2, 0) is 0 Å². The van der Waals surface area contributed by atoms with Crippen LogP contribution in [0.4, 0.5) is 17.1 Å². The van der Waals surface area contributed by atoms with Crippen LogP contribution in [0.25, 0.3) is 0 Å². The number of aryl methyl sites for hydroxylation is 1. The van der Waals surface area contributed by atoms with Gasteiger partial charge in [0.25, 0.3) is 16.4 Å². The van der Waals surface area contributed by atoms with Gasteiger partial charge in [0, 0.05) is 12.4 Å². The van der Waals surface area contributed by atoms with Crippen molar-refractivity contribution in [3.05, 3.63) is 72.8 Å². The third kappa shape index (κ3) is 3.31. The molecule has 0 saturated carbocycles. The molecule has 1 fully saturated rings. The normalized spacial score (nSPS) is 19.9. The molecule has 0 radical (unpaired) electrons. The first-order valence-electron chi connectivity index (χ1n) is 9.22. The first-order chi connectivity index (χ1) is 13.9. The van der Waals surface area contributed by atoms with Crippen LogP contribution < -0.4 is 27.1 Å². The summed E-state index contributed by atoms with van der Waals surface area (Å²) in [5.41, 5.74) is -1.42. The molecule has 4 rings (SSSR count). The van der Waals surface area contributed by atoms with Gasteiger partial charge in [0.1, 0.15) is 34.6 Å². The SMILES string of the molecule is Cc1ccc(C(Nc2c(Nc3ccc[nH]c3=O)c(=O)c2=O)C2(C=N)CCCS2)o1. The summed E-state index contributed by atoms with van der Waals surface area (Å²) in [4.78, 5) is 39.0. The van der Waals surface area contributed by atoms with Crippen LogP contribution >= 0.6 is 11.8 Å². The van der Waals surface area contributed by atoms with E-state index in [-0.39, 0.29) is 17.1 Å². The summed E-state index contributed by atoms with van der Waals surface area (Å²) in [6.07, 6.45) is 4.55. The predicted octanol–water partition coefficient (Wildman–Crippen LogP) is 2.68. The standard InChI is InChI=1S/C20H20N4O4S/c1-11-5-6-13(28-11)18(20(10-21)7-3-9-29-20)24-15-14(16(25)17(15)26)23-12-4-2-8-22-19(12)27/h2,4-6,8,10,18,21,23-24H,3,7,9H2,1H3,(H,22,27). The average Bonchev–Trinajstić information content (AvgIpc) is 3.38. The molecule has 0 spiro atoms. The molecule has 8 nitrogen and oxygen atoms in total. The van der Waals surface area contributed by atoms with Crippen LogP contribution in [0.2, 0.25) is 0 Å². The first-order valence-corrected chi connectivity index (χ1v) is 10.2. The Kier molecular flexibility index (Phi) is 4.91. The first kappa shape index (κ1) is 19.3. The number of pyridine rings is 1. The van der Waals surface area contributed by atoms with E-state index < -0.39 is 27.2 Å². The summed E-state index contributed by atoms with van der Waals surface area (Å²) in [7, 11) is 0. The maximum absolute atomic E-state index is 12.3. The Labute approximate surface area is 169 Å². The van der Waals surface area contributed by atoms with E-state index in [2.05, 4.69) is 15.6 Å². The lowest BCUT2D eigenvalue weighted by atomic mass is 9.92. The number of aromatic nitrogens is 1. The molecule has 0 bridgehead atoms. The van der Waals surface area contributed by atoms with Crippen molar-refractivity contribution < 1.29 is 4.42 Å². The molecule has 0 aliphatic carbocycles. The third-order valence-electron chi connectivity index (χ3n) is 5.14. The van der Waals surface area contributed by atoms with E-state index in [9.17, 15) is 14.4 Å². The smallest absolute Gasteiger partial charge is 0.271 e. The van der Waals surface area contributed by atoms with Crippen molar-refractivity contribution in [1.29, 1.82) is 5.41 Å². The highest BCUT2D eigenvalue weighted by Gasteiger charge is 2.44. The molecule has 2 unspecified atom stereocenters. The van der Waals surface area contributed by atoms with Gasteiger partial charge >= 0.3 is 0 Å². The number of rotatable bonds is 7. The lowest BCUT2D eigenvalue weighted by molar-refractivity contribution is 0.434. The van der Waals surface area contributed by atoms with Gasteiger partial charge < -0.3 is 25.4 Å². The van der Waals surface area contributed by atoms with Gasteiger partial charge in [0.05, 0.1) is 4.75 Å². The fourth-order valence-electron chi connectivity index (χ4n) is 3.60. The minimum atomic E-state index is -0.687. The number of anilines is 3. The van der Waals surface area contributed by atoms with Crippen molar-refractivity contribution in [2.45, 2.75) is 30.6 Å². The second-order valence-corrected chi connectivity index (χ2v) is 8.48. The van der Waals surface area contributed by atoms with E-state index in [0.29, 0.717) is 11.5 Å². The molecule has 1 saturated heterocycles. The summed E-state index contributed by atoms with van der Waals surface area (Å²) in [5, 5.41) is 14.0. The fourth-order valence-corrected chi connectivity index (χ4v) is 4.98. The summed E-state index contributed by atoms with van der Waals surface area (Å²) < 4.78 is 5.22. The zero-order valence-electron chi connectivity index (χ0n) is 15.7. The Balaban J connectivity index is 1.72. The molecule has 0 amide bonds.